The zero-order valence-electron chi connectivity index (χ0n) is 15.5. The maximum atomic E-state index is 5.54. The predicted molar refractivity (Wildman–Crippen MR) is 103 cm³/mol. The van der Waals surface area contributed by atoms with Gasteiger partial charge >= 0.3 is 0 Å². The first kappa shape index (κ1) is 19.2. The minimum Gasteiger partial charge on any atom is -0.381 e. The minimum atomic E-state index is 0.151. The van der Waals surface area contributed by atoms with Gasteiger partial charge in [-0.15, -0.1) is 11.3 Å². The summed E-state index contributed by atoms with van der Waals surface area (Å²) in [6.07, 6.45) is 3.22. The van der Waals surface area contributed by atoms with Crippen molar-refractivity contribution >= 4 is 17.3 Å². The van der Waals surface area contributed by atoms with Crippen molar-refractivity contribution in [2.75, 3.05) is 47.4 Å². The summed E-state index contributed by atoms with van der Waals surface area (Å²) in [6, 6.07) is 4.33. The van der Waals surface area contributed by atoms with Crippen LogP contribution in [-0.2, 0) is 11.2 Å². The number of likely N-dealkylation sites (N-methyl/N-ethyl adjacent to an activating group) is 1. The summed E-state index contributed by atoms with van der Waals surface area (Å²) in [5.74, 6) is 1.47. The van der Waals surface area contributed by atoms with E-state index < -0.39 is 0 Å². The van der Waals surface area contributed by atoms with E-state index in [0.717, 1.165) is 51.5 Å². The lowest BCUT2D eigenvalue weighted by atomic mass is 9.88. The molecule has 1 aromatic heterocycles. The Hall–Kier alpha value is -1.11. The van der Waals surface area contributed by atoms with Crippen LogP contribution in [-0.4, -0.2) is 63.8 Å². The number of aliphatic imine (C=N–C) groups is 1. The molecule has 0 spiro atoms. The number of hydrogen-bond acceptors (Lipinski definition) is 4. The molecule has 0 saturated carbocycles. The normalized spacial score (nSPS) is 19.3. The van der Waals surface area contributed by atoms with E-state index in [2.05, 4.69) is 59.1 Å². The SMILES string of the molecule is CN=C(NCC(C)Cc1cccs1)NCC1(N(C)C)CCOCC1. The summed E-state index contributed by atoms with van der Waals surface area (Å²) >= 11 is 1.83. The molecule has 0 radical (unpaired) electrons. The highest BCUT2D eigenvalue weighted by molar-refractivity contribution is 7.09. The molecule has 0 aromatic carbocycles. The monoisotopic (exact) mass is 352 g/mol. The van der Waals surface area contributed by atoms with Gasteiger partial charge in [0.05, 0.1) is 0 Å². The van der Waals surface area contributed by atoms with Gasteiger partial charge < -0.3 is 20.3 Å². The summed E-state index contributed by atoms with van der Waals surface area (Å²) in [4.78, 5) is 8.15. The van der Waals surface area contributed by atoms with Gasteiger partial charge in [0, 0.05) is 43.8 Å². The fraction of sp³-hybridized carbons (Fsp3) is 0.722. The number of guanidine groups is 1. The summed E-state index contributed by atoms with van der Waals surface area (Å²) in [5, 5.41) is 9.13. The average Bonchev–Trinajstić information content (AvgIpc) is 3.08. The number of nitrogens with zero attached hydrogens (tertiary/aromatic N) is 2. The van der Waals surface area contributed by atoms with Crippen LogP contribution in [0.3, 0.4) is 0 Å². The zero-order chi connectivity index (χ0) is 17.4. The molecule has 0 amide bonds. The highest BCUT2D eigenvalue weighted by Crippen LogP contribution is 2.25. The summed E-state index contributed by atoms with van der Waals surface area (Å²) in [6.45, 7) is 5.77. The van der Waals surface area contributed by atoms with Gasteiger partial charge in [-0.2, -0.15) is 0 Å². The zero-order valence-corrected chi connectivity index (χ0v) is 16.3. The Bertz CT molecular complexity index is 495. The molecule has 6 heteroatoms. The van der Waals surface area contributed by atoms with Gasteiger partial charge in [-0.3, -0.25) is 4.99 Å². The molecule has 0 bridgehead atoms. The second kappa shape index (κ2) is 9.39. The molecule has 1 fully saturated rings. The largest absolute Gasteiger partial charge is 0.381 e. The molecule has 5 nitrogen and oxygen atoms in total. The lowest BCUT2D eigenvalue weighted by Gasteiger charge is -2.43. The molecule has 1 unspecified atom stereocenters. The van der Waals surface area contributed by atoms with Crippen molar-refractivity contribution in [1.29, 1.82) is 0 Å². The Balaban J connectivity index is 1.79. The third kappa shape index (κ3) is 5.46. The maximum Gasteiger partial charge on any atom is 0.191 e. The molecule has 0 aliphatic carbocycles. The first-order chi connectivity index (χ1) is 11.6. The van der Waals surface area contributed by atoms with Crippen LogP contribution in [0.1, 0.15) is 24.6 Å². The molecule has 1 aliphatic heterocycles. The van der Waals surface area contributed by atoms with Crippen LogP contribution in [0, 0.1) is 5.92 Å². The average molecular weight is 353 g/mol. The maximum absolute atomic E-state index is 5.54. The first-order valence-corrected chi connectivity index (χ1v) is 9.66. The van der Waals surface area contributed by atoms with Crippen molar-refractivity contribution < 1.29 is 4.74 Å². The number of thiophene rings is 1. The van der Waals surface area contributed by atoms with Gasteiger partial charge in [0.15, 0.2) is 5.96 Å². The molecular weight excluding hydrogens is 320 g/mol. The van der Waals surface area contributed by atoms with Gasteiger partial charge in [-0.1, -0.05) is 13.0 Å². The number of rotatable bonds is 7. The predicted octanol–water partition coefficient (Wildman–Crippen LogP) is 2.20. The smallest absolute Gasteiger partial charge is 0.191 e. The second-order valence-electron chi connectivity index (χ2n) is 6.93. The molecule has 1 aromatic rings. The molecule has 1 saturated heterocycles. The van der Waals surface area contributed by atoms with Gasteiger partial charge in [0.2, 0.25) is 0 Å². The van der Waals surface area contributed by atoms with E-state index in [1.807, 2.05) is 18.4 Å². The number of nitrogens with one attached hydrogen (secondary N) is 2. The Morgan fingerprint density at radius 3 is 2.71 bits per heavy atom. The topological polar surface area (TPSA) is 48.9 Å². The van der Waals surface area contributed by atoms with Gasteiger partial charge in [0.25, 0.3) is 0 Å². The van der Waals surface area contributed by atoms with Gasteiger partial charge in [0.1, 0.15) is 0 Å². The van der Waals surface area contributed by atoms with Crippen LogP contribution in [0.2, 0.25) is 0 Å². The Kier molecular flexibility index (Phi) is 7.52. The van der Waals surface area contributed by atoms with Crippen molar-refractivity contribution in [3.8, 4) is 0 Å². The third-order valence-electron chi connectivity index (χ3n) is 4.93. The van der Waals surface area contributed by atoms with Crippen LogP contribution in [0.4, 0.5) is 0 Å². The van der Waals surface area contributed by atoms with Gasteiger partial charge in [-0.25, -0.2) is 0 Å². The quantitative estimate of drug-likeness (QED) is 0.583. The van der Waals surface area contributed by atoms with Crippen molar-refractivity contribution in [3.05, 3.63) is 22.4 Å². The van der Waals surface area contributed by atoms with E-state index >= 15 is 0 Å². The van der Waals surface area contributed by atoms with Crippen LogP contribution in [0.5, 0.6) is 0 Å². The molecule has 2 heterocycles. The standard InChI is InChI=1S/C18H32N4OS/c1-15(12-16-6-5-11-24-16)13-20-17(19-2)21-14-18(22(3)4)7-9-23-10-8-18/h5-6,11,15H,7-10,12-14H2,1-4H3,(H2,19,20,21). The van der Waals surface area contributed by atoms with Crippen molar-refractivity contribution in [2.24, 2.45) is 10.9 Å². The van der Waals surface area contributed by atoms with Crippen molar-refractivity contribution in [2.45, 2.75) is 31.7 Å². The molecule has 1 atom stereocenters. The van der Waals surface area contributed by atoms with E-state index in [4.69, 9.17) is 4.74 Å². The highest BCUT2D eigenvalue weighted by Gasteiger charge is 2.34. The van der Waals surface area contributed by atoms with E-state index in [0.29, 0.717) is 5.92 Å². The molecule has 1 aliphatic rings. The van der Waals surface area contributed by atoms with Crippen LogP contribution in [0.25, 0.3) is 0 Å². The summed E-state index contributed by atoms with van der Waals surface area (Å²) in [5.41, 5.74) is 0.151. The highest BCUT2D eigenvalue weighted by atomic mass is 32.1. The molecular formula is C18H32N4OS. The van der Waals surface area contributed by atoms with Crippen LogP contribution >= 0.6 is 11.3 Å². The number of ether oxygens (including phenoxy) is 1. The van der Waals surface area contributed by atoms with Crippen molar-refractivity contribution in [3.63, 3.8) is 0 Å². The lowest BCUT2D eigenvalue weighted by molar-refractivity contribution is -0.00501. The third-order valence-corrected chi connectivity index (χ3v) is 5.83. The lowest BCUT2D eigenvalue weighted by Crippen LogP contribution is -2.57. The Labute approximate surface area is 150 Å². The minimum absolute atomic E-state index is 0.151. The van der Waals surface area contributed by atoms with Crippen molar-refractivity contribution in [1.82, 2.24) is 15.5 Å². The first-order valence-electron chi connectivity index (χ1n) is 8.78. The van der Waals surface area contributed by atoms with E-state index in [1.165, 1.54) is 4.88 Å². The fourth-order valence-corrected chi connectivity index (χ4v) is 3.99. The fourth-order valence-electron chi connectivity index (χ4n) is 3.12. The molecule has 24 heavy (non-hydrogen) atoms. The van der Waals surface area contributed by atoms with E-state index in [1.54, 1.807) is 0 Å². The molecule has 2 N–H and O–H groups in total. The van der Waals surface area contributed by atoms with Crippen LogP contribution < -0.4 is 10.6 Å². The van der Waals surface area contributed by atoms with Crippen LogP contribution in [0.15, 0.2) is 22.5 Å². The molecule has 136 valence electrons. The second-order valence-corrected chi connectivity index (χ2v) is 7.96. The summed E-state index contributed by atoms with van der Waals surface area (Å²) < 4.78 is 5.54. The summed E-state index contributed by atoms with van der Waals surface area (Å²) in [7, 11) is 6.16. The van der Waals surface area contributed by atoms with E-state index in [9.17, 15) is 0 Å². The van der Waals surface area contributed by atoms with Gasteiger partial charge in [-0.05, 0) is 50.7 Å². The Morgan fingerprint density at radius 2 is 2.12 bits per heavy atom. The molecule has 2 rings (SSSR count). The Morgan fingerprint density at radius 1 is 1.38 bits per heavy atom. The van der Waals surface area contributed by atoms with E-state index in [-0.39, 0.29) is 5.54 Å². The number of hydrogen-bond donors (Lipinski definition) is 2.